The van der Waals surface area contributed by atoms with Crippen LogP contribution in [0.2, 0.25) is 5.02 Å². The summed E-state index contributed by atoms with van der Waals surface area (Å²) >= 11 is 5.80. The van der Waals surface area contributed by atoms with E-state index in [1.165, 1.54) is 12.1 Å². The molecule has 25 heavy (non-hydrogen) atoms. The molecule has 0 aliphatic heterocycles. The molecule has 3 rings (SSSR count). The van der Waals surface area contributed by atoms with Gasteiger partial charge in [0.1, 0.15) is 17.4 Å². The van der Waals surface area contributed by atoms with E-state index in [2.05, 4.69) is 20.6 Å². The molecule has 3 aromatic rings. The first-order valence-electron chi connectivity index (χ1n) is 7.52. The number of aryl methyl sites for hydroxylation is 1. The van der Waals surface area contributed by atoms with Crippen LogP contribution in [0.5, 0.6) is 5.75 Å². The SMILES string of the molecule is COc1ccc(Nc2cc(C)nc(Nc3ccc(F)c(Cl)c3)n2)cc1. The van der Waals surface area contributed by atoms with E-state index in [9.17, 15) is 4.39 Å². The highest BCUT2D eigenvalue weighted by Gasteiger charge is 2.06. The minimum atomic E-state index is -0.473. The van der Waals surface area contributed by atoms with Gasteiger partial charge in [-0.05, 0) is 49.4 Å². The number of rotatable bonds is 5. The van der Waals surface area contributed by atoms with Gasteiger partial charge in [-0.3, -0.25) is 0 Å². The Labute approximate surface area is 149 Å². The summed E-state index contributed by atoms with van der Waals surface area (Å²) in [5.74, 6) is 1.33. The average Bonchev–Trinajstić information content (AvgIpc) is 2.58. The molecule has 0 spiro atoms. The van der Waals surface area contributed by atoms with Gasteiger partial charge in [-0.15, -0.1) is 0 Å². The summed E-state index contributed by atoms with van der Waals surface area (Å²) in [4.78, 5) is 8.75. The molecule has 128 valence electrons. The van der Waals surface area contributed by atoms with Crippen molar-refractivity contribution in [1.82, 2.24) is 9.97 Å². The van der Waals surface area contributed by atoms with Crippen molar-refractivity contribution in [3.05, 3.63) is 65.1 Å². The normalized spacial score (nSPS) is 10.4. The molecule has 0 aliphatic rings. The maximum Gasteiger partial charge on any atom is 0.229 e. The second-order valence-electron chi connectivity index (χ2n) is 5.33. The molecule has 5 nitrogen and oxygen atoms in total. The van der Waals surface area contributed by atoms with Crippen LogP contribution in [0.4, 0.5) is 27.5 Å². The van der Waals surface area contributed by atoms with Crippen molar-refractivity contribution in [2.24, 2.45) is 0 Å². The number of nitrogens with one attached hydrogen (secondary N) is 2. The molecule has 7 heteroatoms. The van der Waals surface area contributed by atoms with Gasteiger partial charge in [0, 0.05) is 23.1 Å². The Hall–Kier alpha value is -2.86. The fraction of sp³-hybridized carbons (Fsp3) is 0.111. The molecule has 0 radical (unpaired) electrons. The van der Waals surface area contributed by atoms with Crippen LogP contribution in [-0.2, 0) is 0 Å². The van der Waals surface area contributed by atoms with E-state index in [0.29, 0.717) is 17.5 Å². The summed E-state index contributed by atoms with van der Waals surface area (Å²) < 4.78 is 18.4. The largest absolute Gasteiger partial charge is 0.497 e. The van der Waals surface area contributed by atoms with Gasteiger partial charge in [0.15, 0.2) is 0 Å². The molecular weight excluding hydrogens is 343 g/mol. The molecule has 0 atom stereocenters. The second-order valence-corrected chi connectivity index (χ2v) is 5.73. The molecule has 0 aliphatic carbocycles. The third kappa shape index (κ3) is 4.36. The molecule has 0 bridgehead atoms. The monoisotopic (exact) mass is 358 g/mol. The van der Waals surface area contributed by atoms with Crippen LogP contribution in [0.15, 0.2) is 48.5 Å². The van der Waals surface area contributed by atoms with Gasteiger partial charge in [0.05, 0.1) is 12.1 Å². The van der Waals surface area contributed by atoms with E-state index in [4.69, 9.17) is 16.3 Å². The smallest absolute Gasteiger partial charge is 0.229 e. The van der Waals surface area contributed by atoms with E-state index in [-0.39, 0.29) is 5.02 Å². The van der Waals surface area contributed by atoms with E-state index < -0.39 is 5.82 Å². The summed E-state index contributed by atoms with van der Waals surface area (Å²) in [5, 5.41) is 6.27. The number of methoxy groups -OCH3 is 1. The van der Waals surface area contributed by atoms with E-state index in [1.54, 1.807) is 13.2 Å². The lowest BCUT2D eigenvalue weighted by Crippen LogP contribution is -2.02. The third-order valence-electron chi connectivity index (χ3n) is 3.39. The minimum absolute atomic E-state index is 0.0363. The maximum absolute atomic E-state index is 13.3. The molecule has 0 amide bonds. The lowest BCUT2D eigenvalue weighted by Gasteiger charge is -2.11. The van der Waals surface area contributed by atoms with Crippen molar-refractivity contribution in [3.63, 3.8) is 0 Å². The van der Waals surface area contributed by atoms with E-state index >= 15 is 0 Å². The summed E-state index contributed by atoms with van der Waals surface area (Å²) in [6, 6.07) is 13.7. The fourth-order valence-corrected chi connectivity index (χ4v) is 2.39. The number of anilines is 4. The van der Waals surface area contributed by atoms with Crippen LogP contribution in [0.25, 0.3) is 0 Å². The summed E-state index contributed by atoms with van der Waals surface area (Å²) in [6.45, 7) is 1.86. The number of ether oxygens (including phenoxy) is 1. The van der Waals surface area contributed by atoms with Crippen LogP contribution in [0, 0.1) is 12.7 Å². The maximum atomic E-state index is 13.3. The Morgan fingerprint density at radius 2 is 1.68 bits per heavy atom. The van der Waals surface area contributed by atoms with Crippen molar-refractivity contribution >= 4 is 34.7 Å². The van der Waals surface area contributed by atoms with Gasteiger partial charge in [0.25, 0.3) is 0 Å². The van der Waals surface area contributed by atoms with Crippen molar-refractivity contribution in [1.29, 1.82) is 0 Å². The van der Waals surface area contributed by atoms with Gasteiger partial charge in [-0.2, -0.15) is 4.98 Å². The highest BCUT2D eigenvalue weighted by Crippen LogP contribution is 2.23. The van der Waals surface area contributed by atoms with Gasteiger partial charge in [-0.1, -0.05) is 11.6 Å². The Balaban J connectivity index is 1.80. The third-order valence-corrected chi connectivity index (χ3v) is 3.68. The molecule has 2 aromatic carbocycles. The number of hydrogen-bond donors (Lipinski definition) is 2. The lowest BCUT2D eigenvalue weighted by atomic mass is 10.3. The quantitative estimate of drug-likeness (QED) is 0.666. The summed E-state index contributed by atoms with van der Waals surface area (Å²) in [7, 11) is 1.62. The van der Waals surface area contributed by atoms with Gasteiger partial charge in [-0.25, -0.2) is 9.37 Å². The Kier molecular flexibility index (Phi) is 5.00. The Morgan fingerprint density at radius 3 is 2.36 bits per heavy atom. The zero-order valence-corrected chi connectivity index (χ0v) is 14.4. The first-order chi connectivity index (χ1) is 12.0. The molecule has 1 aromatic heterocycles. The lowest BCUT2D eigenvalue weighted by molar-refractivity contribution is 0.415. The van der Waals surface area contributed by atoms with Crippen molar-refractivity contribution in [2.75, 3.05) is 17.7 Å². The zero-order chi connectivity index (χ0) is 17.8. The minimum Gasteiger partial charge on any atom is -0.497 e. The molecule has 0 saturated carbocycles. The Bertz CT molecular complexity index is 887. The number of halogens is 2. The molecule has 1 heterocycles. The van der Waals surface area contributed by atoms with Crippen molar-refractivity contribution in [3.8, 4) is 5.75 Å². The van der Waals surface area contributed by atoms with Crippen LogP contribution in [0.1, 0.15) is 5.69 Å². The van der Waals surface area contributed by atoms with Crippen molar-refractivity contribution < 1.29 is 9.13 Å². The molecule has 0 unspecified atom stereocenters. The van der Waals surface area contributed by atoms with Crippen LogP contribution >= 0.6 is 11.6 Å². The predicted octanol–water partition coefficient (Wildman–Crippen LogP) is 5.07. The molecule has 2 N–H and O–H groups in total. The predicted molar refractivity (Wildman–Crippen MR) is 97.7 cm³/mol. The standard InChI is InChI=1S/C18H16ClFN4O/c1-11-9-17(22-12-3-6-14(25-2)7-4-12)24-18(21-11)23-13-5-8-16(20)15(19)10-13/h3-10H,1-2H3,(H2,21,22,23,24). The van der Waals surface area contributed by atoms with Crippen LogP contribution < -0.4 is 15.4 Å². The number of hydrogen-bond acceptors (Lipinski definition) is 5. The molecular formula is C18H16ClFN4O. The van der Waals surface area contributed by atoms with Gasteiger partial charge >= 0.3 is 0 Å². The van der Waals surface area contributed by atoms with Crippen molar-refractivity contribution in [2.45, 2.75) is 6.92 Å². The van der Waals surface area contributed by atoms with Crippen LogP contribution in [0.3, 0.4) is 0 Å². The zero-order valence-electron chi connectivity index (χ0n) is 13.7. The Morgan fingerprint density at radius 1 is 0.960 bits per heavy atom. The number of aromatic nitrogens is 2. The fourth-order valence-electron chi connectivity index (χ4n) is 2.21. The number of benzene rings is 2. The van der Waals surface area contributed by atoms with E-state index in [0.717, 1.165) is 17.1 Å². The highest BCUT2D eigenvalue weighted by atomic mass is 35.5. The second kappa shape index (κ2) is 7.36. The molecule has 0 fully saturated rings. The highest BCUT2D eigenvalue weighted by molar-refractivity contribution is 6.31. The van der Waals surface area contributed by atoms with Gasteiger partial charge < -0.3 is 15.4 Å². The number of nitrogens with zero attached hydrogens (tertiary/aromatic N) is 2. The molecule has 0 saturated heterocycles. The average molecular weight is 359 g/mol. The first-order valence-corrected chi connectivity index (χ1v) is 7.90. The van der Waals surface area contributed by atoms with Gasteiger partial charge in [0.2, 0.25) is 5.95 Å². The van der Waals surface area contributed by atoms with E-state index in [1.807, 2.05) is 37.3 Å². The summed E-state index contributed by atoms with van der Waals surface area (Å²) in [6.07, 6.45) is 0. The first kappa shape index (κ1) is 17.0. The summed E-state index contributed by atoms with van der Waals surface area (Å²) in [5.41, 5.74) is 2.25. The van der Waals surface area contributed by atoms with Crippen LogP contribution in [-0.4, -0.2) is 17.1 Å². The topological polar surface area (TPSA) is 59.1 Å².